The average molecular weight is 256 g/mol. The quantitative estimate of drug-likeness (QED) is 0.809. The van der Waals surface area contributed by atoms with E-state index in [9.17, 15) is 0 Å². The molecule has 1 saturated carbocycles. The Morgan fingerprint density at radius 2 is 2.11 bits per heavy atom. The van der Waals surface area contributed by atoms with Crippen LogP contribution in [0.4, 0.5) is 0 Å². The minimum atomic E-state index is 0.730. The molecule has 2 aromatic rings. The lowest BCUT2D eigenvalue weighted by atomic mass is 9.93. The highest BCUT2D eigenvalue weighted by Gasteiger charge is 2.27. The fraction of sp³-hybridized carbons (Fsp3) is 0.529. The molecule has 19 heavy (non-hydrogen) atoms. The van der Waals surface area contributed by atoms with Crippen LogP contribution in [0.15, 0.2) is 18.3 Å². The van der Waals surface area contributed by atoms with Gasteiger partial charge in [0.15, 0.2) is 0 Å². The van der Waals surface area contributed by atoms with Crippen molar-refractivity contribution in [1.29, 1.82) is 0 Å². The number of aryl methyl sites for hydroxylation is 1. The lowest BCUT2D eigenvalue weighted by molar-refractivity contribution is 0.790. The molecule has 102 valence electrons. The molecule has 0 amide bonds. The van der Waals surface area contributed by atoms with E-state index in [1.807, 2.05) is 0 Å². The summed E-state index contributed by atoms with van der Waals surface area (Å²) >= 11 is 0. The zero-order valence-electron chi connectivity index (χ0n) is 11.8. The Hall–Kier alpha value is -1.28. The molecule has 2 heteroatoms. The molecule has 0 aliphatic heterocycles. The van der Waals surface area contributed by atoms with Gasteiger partial charge >= 0.3 is 0 Å². The van der Waals surface area contributed by atoms with Gasteiger partial charge in [-0.2, -0.15) is 0 Å². The van der Waals surface area contributed by atoms with Crippen LogP contribution in [0.2, 0.25) is 0 Å². The van der Waals surface area contributed by atoms with Crippen LogP contribution in [-0.4, -0.2) is 11.5 Å². The van der Waals surface area contributed by atoms with Gasteiger partial charge in [0.25, 0.3) is 0 Å². The Morgan fingerprint density at radius 1 is 1.26 bits per heavy atom. The fourth-order valence-corrected chi connectivity index (χ4v) is 3.14. The lowest BCUT2D eigenvalue weighted by Crippen LogP contribution is -2.03. The number of benzene rings is 1. The first-order valence-corrected chi connectivity index (χ1v) is 7.67. The van der Waals surface area contributed by atoms with Crippen molar-refractivity contribution in [3.8, 4) is 0 Å². The predicted molar refractivity (Wildman–Crippen MR) is 81.6 cm³/mol. The third-order valence-electron chi connectivity index (χ3n) is 4.28. The van der Waals surface area contributed by atoms with Crippen LogP contribution in [0.3, 0.4) is 0 Å². The second-order valence-corrected chi connectivity index (χ2v) is 5.79. The van der Waals surface area contributed by atoms with Gasteiger partial charge in [-0.1, -0.05) is 19.4 Å². The lowest BCUT2D eigenvalue weighted by Gasteiger charge is -2.12. The first-order valence-electron chi connectivity index (χ1n) is 7.67. The normalized spacial score (nSPS) is 15.3. The summed E-state index contributed by atoms with van der Waals surface area (Å²) in [6.07, 6.45) is 9.65. The number of H-pyrrole nitrogens is 1. The number of aromatic amines is 1. The molecular weight excluding hydrogens is 232 g/mol. The van der Waals surface area contributed by atoms with Gasteiger partial charge in [-0.3, -0.25) is 0 Å². The average Bonchev–Trinajstić information content (AvgIpc) is 3.19. The van der Waals surface area contributed by atoms with Crippen LogP contribution in [0.25, 0.3) is 10.9 Å². The predicted octanol–water partition coefficient (Wildman–Crippen LogP) is 3.89. The molecule has 0 bridgehead atoms. The zero-order chi connectivity index (χ0) is 13.2. The monoisotopic (exact) mass is 256 g/mol. The second-order valence-electron chi connectivity index (χ2n) is 5.79. The maximum atomic E-state index is 5.76. The highest BCUT2D eigenvalue weighted by molar-refractivity contribution is 5.88. The number of fused-ring (bicyclic) bond motifs is 1. The van der Waals surface area contributed by atoms with Gasteiger partial charge in [0.1, 0.15) is 0 Å². The molecule has 3 N–H and O–H groups in total. The van der Waals surface area contributed by atoms with E-state index in [2.05, 4.69) is 30.2 Å². The minimum absolute atomic E-state index is 0.730. The van der Waals surface area contributed by atoms with Gasteiger partial charge in [0, 0.05) is 17.1 Å². The fourth-order valence-electron chi connectivity index (χ4n) is 3.14. The topological polar surface area (TPSA) is 41.8 Å². The van der Waals surface area contributed by atoms with Crippen molar-refractivity contribution >= 4 is 10.9 Å². The molecule has 1 aliphatic rings. The molecule has 0 spiro atoms. The summed E-state index contributed by atoms with van der Waals surface area (Å²) in [6.45, 7) is 3.00. The number of unbranched alkanes of at least 4 members (excludes halogenated alkanes) is 1. The van der Waals surface area contributed by atoms with E-state index in [0.29, 0.717) is 0 Å². The van der Waals surface area contributed by atoms with E-state index in [0.717, 1.165) is 18.9 Å². The molecule has 0 radical (unpaired) electrons. The smallest absolute Gasteiger partial charge is 0.0459 e. The first-order chi connectivity index (χ1) is 9.35. The van der Waals surface area contributed by atoms with Crippen molar-refractivity contribution in [2.75, 3.05) is 6.54 Å². The molecule has 0 atom stereocenters. The molecule has 1 fully saturated rings. The van der Waals surface area contributed by atoms with Crippen molar-refractivity contribution in [1.82, 2.24) is 4.98 Å². The molecule has 1 aliphatic carbocycles. The van der Waals surface area contributed by atoms with Crippen molar-refractivity contribution in [3.05, 3.63) is 35.0 Å². The number of nitrogens with one attached hydrogen (secondary N) is 1. The van der Waals surface area contributed by atoms with E-state index in [1.165, 1.54) is 48.6 Å². The van der Waals surface area contributed by atoms with Crippen LogP contribution in [-0.2, 0) is 12.8 Å². The maximum Gasteiger partial charge on any atom is 0.0459 e. The van der Waals surface area contributed by atoms with E-state index >= 15 is 0 Å². The Bertz CT molecular complexity index is 564. The Kier molecular flexibility index (Phi) is 3.61. The van der Waals surface area contributed by atoms with Gasteiger partial charge in [-0.15, -0.1) is 0 Å². The number of hydrogen-bond donors (Lipinski definition) is 2. The summed E-state index contributed by atoms with van der Waals surface area (Å²) in [5, 5.41) is 1.48. The van der Waals surface area contributed by atoms with Crippen molar-refractivity contribution in [2.45, 2.75) is 51.4 Å². The number of rotatable bonds is 6. The molecule has 1 aromatic heterocycles. The van der Waals surface area contributed by atoms with E-state index < -0.39 is 0 Å². The summed E-state index contributed by atoms with van der Waals surface area (Å²) in [5.74, 6) is 0.830. The summed E-state index contributed by atoms with van der Waals surface area (Å²) in [7, 11) is 0. The molecule has 2 nitrogen and oxygen atoms in total. The Balaban J connectivity index is 2.11. The molecule has 0 unspecified atom stereocenters. The van der Waals surface area contributed by atoms with Crippen LogP contribution < -0.4 is 5.73 Å². The first kappa shape index (κ1) is 12.7. The summed E-state index contributed by atoms with van der Waals surface area (Å²) in [5.41, 5.74) is 11.7. The van der Waals surface area contributed by atoms with Gasteiger partial charge in [-0.25, -0.2) is 0 Å². The van der Waals surface area contributed by atoms with Crippen LogP contribution >= 0.6 is 0 Å². The van der Waals surface area contributed by atoms with E-state index in [-0.39, 0.29) is 0 Å². The van der Waals surface area contributed by atoms with E-state index in [1.54, 1.807) is 11.1 Å². The van der Waals surface area contributed by atoms with Crippen LogP contribution in [0.1, 0.15) is 55.2 Å². The minimum Gasteiger partial charge on any atom is -0.361 e. The van der Waals surface area contributed by atoms with Gasteiger partial charge in [0.05, 0.1) is 0 Å². The third kappa shape index (κ3) is 2.42. The standard InChI is InChI=1S/C17H24N2/c1-2-3-4-15-14(12-5-6-12)7-8-16-17(15)13(9-10-18)11-19-16/h7-8,11-12,19H,2-6,9-10,18H2,1H3. The highest BCUT2D eigenvalue weighted by Crippen LogP contribution is 2.44. The number of nitrogens with two attached hydrogens (primary N) is 1. The summed E-state index contributed by atoms with van der Waals surface area (Å²) < 4.78 is 0. The second kappa shape index (κ2) is 5.38. The van der Waals surface area contributed by atoms with Crippen molar-refractivity contribution in [2.24, 2.45) is 5.73 Å². The van der Waals surface area contributed by atoms with Gasteiger partial charge in [-0.05, 0) is 67.3 Å². The van der Waals surface area contributed by atoms with Gasteiger partial charge in [0.2, 0.25) is 0 Å². The molecule has 1 heterocycles. The van der Waals surface area contributed by atoms with Crippen LogP contribution in [0, 0.1) is 0 Å². The summed E-state index contributed by atoms with van der Waals surface area (Å²) in [6, 6.07) is 4.62. The number of hydrogen-bond acceptors (Lipinski definition) is 1. The molecule has 3 rings (SSSR count). The SMILES string of the molecule is CCCCc1c(C2CC2)ccc2[nH]cc(CCN)c12. The highest BCUT2D eigenvalue weighted by atomic mass is 14.7. The Labute approximate surface area is 115 Å². The van der Waals surface area contributed by atoms with E-state index in [4.69, 9.17) is 5.73 Å². The summed E-state index contributed by atoms with van der Waals surface area (Å²) in [4.78, 5) is 3.42. The molecule has 0 saturated heterocycles. The van der Waals surface area contributed by atoms with Crippen molar-refractivity contribution < 1.29 is 0 Å². The maximum absolute atomic E-state index is 5.76. The number of aromatic nitrogens is 1. The Morgan fingerprint density at radius 3 is 2.79 bits per heavy atom. The molecular formula is C17H24N2. The largest absolute Gasteiger partial charge is 0.361 e. The van der Waals surface area contributed by atoms with Gasteiger partial charge < -0.3 is 10.7 Å². The zero-order valence-corrected chi connectivity index (χ0v) is 11.8. The van der Waals surface area contributed by atoms with Crippen molar-refractivity contribution in [3.63, 3.8) is 0 Å². The molecule has 1 aromatic carbocycles. The van der Waals surface area contributed by atoms with Crippen LogP contribution in [0.5, 0.6) is 0 Å². The third-order valence-corrected chi connectivity index (χ3v) is 4.28.